The number of Topliss-reactive ketones (excluding diaryl/α,β-unsaturated/α-hetero) is 1. The van der Waals surface area contributed by atoms with Crippen LogP contribution in [0.2, 0.25) is 5.02 Å². The maximum atomic E-state index is 12.6. The van der Waals surface area contributed by atoms with Crippen molar-refractivity contribution in [3.8, 4) is 0 Å². The Morgan fingerprint density at radius 3 is 2.62 bits per heavy atom. The summed E-state index contributed by atoms with van der Waals surface area (Å²) in [5.41, 5.74) is 0.776. The van der Waals surface area contributed by atoms with Gasteiger partial charge < -0.3 is 14.7 Å². The van der Waals surface area contributed by atoms with E-state index in [4.69, 9.17) is 16.3 Å². The summed E-state index contributed by atoms with van der Waals surface area (Å²) in [6.07, 6.45) is 0.741. The van der Waals surface area contributed by atoms with Crippen LogP contribution in [0.15, 0.2) is 35.6 Å². The number of halogens is 1. The van der Waals surface area contributed by atoms with Crippen LogP contribution in [0.3, 0.4) is 0 Å². The van der Waals surface area contributed by atoms with Crippen molar-refractivity contribution in [2.24, 2.45) is 0 Å². The third-order valence-electron chi connectivity index (χ3n) is 4.86. The summed E-state index contributed by atoms with van der Waals surface area (Å²) in [5.74, 6) is -1.30. The number of ether oxygens (including phenoxy) is 1. The van der Waals surface area contributed by atoms with Crippen LogP contribution in [-0.4, -0.2) is 66.0 Å². The topological polar surface area (TPSA) is 70.1 Å². The van der Waals surface area contributed by atoms with Gasteiger partial charge in [-0.25, -0.2) is 0 Å². The zero-order valence-corrected chi connectivity index (χ0v) is 15.5. The fraction of sp³-hybridized carbons (Fsp3) is 0.474. The highest BCUT2D eigenvalue weighted by Gasteiger charge is 2.42. The van der Waals surface area contributed by atoms with Gasteiger partial charge in [-0.3, -0.25) is 14.5 Å². The fourth-order valence-electron chi connectivity index (χ4n) is 3.55. The standard InChI is InChI=1S/C19H23ClN2O4/c1-13(23)16-17(14-5-2-3-6-15(14)20)22(19(25)18(16)24)8-4-7-21-9-11-26-12-10-21/h2-3,5-6,17,24H,4,7-12H2,1H3/t17-/m0/s1. The van der Waals surface area contributed by atoms with Crippen molar-refractivity contribution in [2.45, 2.75) is 19.4 Å². The largest absolute Gasteiger partial charge is 0.503 e. The molecule has 0 radical (unpaired) electrons. The van der Waals surface area contributed by atoms with Crippen molar-refractivity contribution in [2.75, 3.05) is 39.4 Å². The molecule has 1 atom stereocenters. The smallest absolute Gasteiger partial charge is 0.290 e. The van der Waals surface area contributed by atoms with Gasteiger partial charge in [0.1, 0.15) is 0 Å². The molecular weight excluding hydrogens is 356 g/mol. The van der Waals surface area contributed by atoms with Crippen molar-refractivity contribution in [1.29, 1.82) is 0 Å². The Bertz CT molecular complexity index is 728. The summed E-state index contributed by atoms with van der Waals surface area (Å²) in [4.78, 5) is 28.5. The van der Waals surface area contributed by atoms with E-state index in [0.717, 1.165) is 39.3 Å². The summed E-state index contributed by atoms with van der Waals surface area (Å²) in [6.45, 7) is 5.84. The lowest BCUT2D eigenvalue weighted by atomic mass is 9.96. The maximum Gasteiger partial charge on any atom is 0.290 e. The number of benzene rings is 1. The lowest BCUT2D eigenvalue weighted by Crippen LogP contribution is -2.39. The molecule has 6 nitrogen and oxygen atoms in total. The van der Waals surface area contributed by atoms with E-state index < -0.39 is 17.7 Å². The number of carbonyl (C=O) groups excluding carboxylic acids is 2. The SMILES string of the molecule is CC(=O)C1=C(O)C(=O)N(CCCN2CCOCC2)[C@H]1c1ccccc1Cl. The first kappa shape index (κ1) is 18.9. The van der Waals surface area contributed by atoms with Gasteiger partial charge in [0.15, 0.2) is 11.5 Å². The summed E-state index contributed by atoms with van der Waals surface area (Å²) < 4.78 is 5.34. The van der Waals surface area contributed by atoms with Crippen LogP contribution >= 0.6 is 11.6 Å². The van der Waals surface area contributed by atoms with Crippen molar-refractivity contribution in [3.05, 3.63) is 46.2 Å². The molecule has 2 aliphatic heterocycles. The molecule has 140 valence electrons. The molecule has 0 spiro atoms. The number of rotatable bonds is 6. The molecule has 26 heavy (non-hydrogen) atoms. The van der Waals surface area contributed by atoms with Crippen LogP contribution < -0.4 is 0 Å². The predicted molar refractivity (Wildman–Crippen MR) is 98.1 cm³/mol. The number of aliphatic hydroxyl groups excluding tert-OH is 1. The van der Waals surface area contributed by atoms with E-state index in [0.29, 0.717) is 17.1 Å². The highest BCUT2D eigenvalue weighted by atomic mass is 35.5. The number of nitrogens with zero attached hydrogens (tertiary/aromatic N) is 2. The molecule has 0 unspecified atom stereocenters. The number of amides is 1. The van der Waals surface area contributed by atoms with Gasteiger partial charge in [-0.05, 0) is 25.0 Å². The van der Waals surface area contributed by atoms with Crippen LogP contribution in [0.4, 0.5) is 0 Å². The quantitative estimate of drug-likeness (QED) is 0.822. The van der Waals surface area contributed by atoms with Gasteiger partial charge in [-0.2, -0.15) is 0 Å². The molecule has 1 saturated heterocycles. The third kappa shape index (κ3) is 3.77. The number of hydrogen-bond acceptors (Lipinski definition) is 5. The van der Waals surface area contributed by atoms with Gasteiger partial charge in [-0.15, -0.1) is 0 Å². The fourth-order valence-corrected chi connectivity index (χ4v) is 3.79. The normalized spacial score (nSPS) is 21.5. The summed E-state index contributed by atoms with van der Waals surface area (Å²) >= 11 is 6.32. The van der Waals surface area contributed by atoms with Gasteiger partial charge in [0, 0.05) is 31.2 Å². The van der Waals surface area contributed by atoms with Crippen LogP contribution in [0.25, 0.3) is 0 Å². The summed E-state index contributed by atoms with van der Waals surface area (Å²) in [7, 11) is 0. The Balaban J connectivity index is 1.79. The number of aliphatic hydroxyl groups is 1. The van der Waals surface area contributed by atoms with E-state index in [1.165, 1.54) is 6.92 Å². The van der Waals surface area contributed by atoms with Crippen LogP contribution in [-0.2, 0) is 14.3 Å². The Morgan fingerprint density at radius 1 is 1.27 bits per heavy atom. The average molecular weight is 379 g/mol. The van der Waals surface area contributed by atoms with Gasteiger partial charge in [0.25, 0.3) is 5.91 Å². The number of ketones is 1. The molecule has 2 aliphatic rings. The van der Waals surface area contributed by atoms with Crippen molar-refractivity contribution in [3.63, 3.8) is 0 Å². The lowest BCUT2D eigenvalue weighted by molar-refractivity contribution is -0.129. The average Bonchev–Trinajstić information content (AvgIpc) is 2.88. The van der Waals surface area contributed by atoms with Gasteiger partial charge in [0.05, 0.1) is 24.8 Å². The minimum atomic E-state index is -0.640. The first-order valence-electron chi connectivity index (χ1n) is 8.80. The van der Waals surface area contributed by atoms with E-state index >= 15 is 0 Å². The first-order valence-corrected chi connectivity index (χ1v) is 9.18. The van der Waals surface area contributed by atoms with E-state index in [9.17, 15) is 14.7 Å². The molecule has 1 fully saturated rings. The van der Waals surface area contributed by atoms with Gasteiger partial charge in [-0.1, -0.05) is 29.8 Å². The van der Waals surface area contributed by atoms with E-state index in [1.54, 1.807) is 23.1 Å². The Kier molecular flexibility index (Phi) is 5.96. The molecule has 1 amide bonds. The molecule has 1 N–H and O–H groups in total. The molecule has 1 aromatic rings. The lowest BCUT2D eigenvalue weighted by Gasteiger charge is -2.30. The zero-order valence-electron chi connectivity index (χ0n) is 14.8. The van der Waals surface area contributed by atoms with E-state index in [2.05, 4.69) is 4.90 Å². The monoisotopic (exact) mass is 378 g/mol. The van der Waals surface area contributed by atoms with Crippen molar-refractivity contribution < 1.29 is 19.4 Å². The summed E-state index contributed by atoms with van der Waals surface area (Å²) in [6, 6.07) is 6.48. The zero-order chi connectivity index (χ0) is 18.7. The first-order chi connectivity index (χ1) is 12.5. The Hall–Kier alpha value is -1.89. The molecule has 1 aromatic carbocycles. The van der Waals surface area contributed by atoms with Gasteiger partial charge in [0.2, 0.25) is 0 Å². The molecule has 0 bridgehead atoms. The highest BCUT2D eigenvalue weighted by Crippen LogP contribution is 2.40. The molecular formula is C19H23ClN2O4. The predicted octanol–water partition coefficient (Wildman–Crippen LogP) is 2.35. The number of hydrogen-bond donors (Lipinski definition) is 1. The Labute approximate surface area is 158 Å². The summed E-state index contributed by atoms with van der Waals surface area (Å²) in [5, 5.41) is 10.7. The van der Waals surface area contributed by atoms with Crippen molar-refractivity contribution >= 4 is 23.3 Å². The number of carbonyl (C=O) groups is 2. The van der Waals surface area contributed by atoms with Crippen molar-refractivity contribution in [1.82, 2.24) is 9.80 Å². The minimum Gasteiger partial charge on any atom is -0.503 e. The molecule has 0 aromatic heterocycles. The maximum absolute atomic E-state index is 12.6. The second-order valence-corrected chi connectivity index (χ2v) is 6.96. The second-order valence-electron chi connectivity index (χ2n) is 6.55. The highest BCUT2D eigenvalue weighted by molar-refractivity contribution is 6.31. The Morgan fingerprint density at radius 2 is 1.96 bits per heavy atom. The molecule has 3 rings (SSSR count). The minimum absolute atomic E-state index is 0.120. The molecule has 7 heteroatoms. The second kappa shape index (κ2) is 8.20. The molecule has 0 aliphatic carbocycles. The van der Waals surface area contributed by atoms with E-state index in [1.807, 2.05) is 6.07 Å². The number of morpholine rings is 1. The van der Waals surface area contributed by atoms with Crippen LogP contribution in [0.1, 0.15) is 24.9 Å². The van der Waals surface area contributed by atoms with Gasteiger partial charge >= 0.3 is 0 Å². The third-order valence-corrected chi connectivity index (χ3v) is 5.20. The van der Waals surface area contributed by atoms with Crippen LogP contribution in [0, 0.1) is 0 Å². The van der Waals surface area contributed by atoms with E-state index in [-0.39, 0.29) is 11.4 Å². The molecule has 2 heterocycles. The van der Waals surface area contributed by atoms with Crippen LogP contribution in [0.5, 0.6) is 0 Å². The molecule has 0 saturated carbocycles.